The second-order valence-electron chi connectivity index (χ2n) is 6.12. The molecule has 0 spiro atoms. The monoisotopic (exact) mass is 427 g/mol. The van der Waals surface area contributed by atoms with Gasteiger partial charge in [-0.3, -0.25) is 9.78 Å². The van der Waals surface area contributed by atoms with Crippen molar-refractivity contribution in [3.8, 4) is 11.1 Å². The minimum atomic E-state index is -0.424. The third kappa shape index (κ3) is 3.74. The van der Waals surface area contributed by atoms with Crippen molar-refractivity contribution in [1.29, 1.82) is 0 Å². The number of fused-ring (bicyclic) bond motifs is 1. The van der Waals surface area contributed by atoms with Crippen LogP contribution in [0.25, 0.3) is 22.2 Å². The van der Waals surface area contributed by atoms with Crippen molar-refractivity contribution in [2.45, 2.75) is 6.54 Å². The highest BCUT2D eigenvalue weighted by molar-refractivity contribution is 6.39. The second kappa shape index (κ2) is 8.06. The van der Waals surface area contributed by atoms with E-state index in [1.807, 2.05) is 12.1 Å². The van der Waals surface area contributed by atoms with Gasteiger partial charge in [-0.05, 0) is 29.8 Å². The molecule has 3 heterocycles. The Morgan fingerprint density at radius 3 is 2.62 bits per heavy atom. The molecule has 0 saturated heterocycles. The number of hydrogen-bond acceptors (Lipinski definition) is 6. The van der Waals surface area contributed by atoms with Crippen molar-refractivity contribution in [3.05, 3.63) is 81.0 Å². The molecule has 146 valence electrons. The molecule has 0 bridgehead atoms. The summed E-state index contributed by atoms with van der Waals surface area (Å²) in [7, 11) is 1.39. The molecule has 4 aromatic rings. The van der Waals surface area contributed by atoms with Gasteiger partial charge in [-0.15, -0.1) is 4.73 Å². The molecular weight excluding hydrogens is 413 g/mol. The number of aromatic nitrogens is 4. The highest BCUT2D eigenvalue weighted by Gasteiger charge is 2.18. The van der Waals surface area contributed by atoms with Gasteiger partial charge < -0.3 is 10.2 Å². The molecule has 29 heavy (non-hydrogen) atoms. The summed E-state index contributed by atoms with van der Waals surface area (Å²) in [5, 5.41) is 4.45. The molecule has 0 aliphatic heterocycles. The zero-order valence-corrected chi connectivity index (χ0v) is 16.8. The lowest BCUT2D eigenvalue weighted by Crippen LogP contribution is -2.27. The van der Waals surface area contributed by atoms with Crippen LogP contribution >= 0.6 is 23.2 Å². The summed E-state index contributed by atoms with van der Waals surface area (Å²) in [6, 6.07) is 10.5. The van der Waals surface area contributed by atoms with Gasteiger partial charge in [0.1, 0.15) is 7.11 Å². The van der Waals surface area contributed by atoms with E-state index >= 15 is 0 Å². The summed E-state index contributed by atoms with van der Waals surface area (Å²) in [6.45, 7) is 0.490. The topological polar surface area (TPSA) is 81.9 Å². The number of halogens is 2. The summed E-state index contributed by atoms with van der Waals surface area (Å²) in [4.78, 5) is 31.2. The predicted molar refractivity (Wildman–Crippen MR) is 113 cm³/mol. The summed E-state index contributed by atoms with van der Waals surface area (Å²) in [5.41, 5.74) is 1.62. The number of nitrogens with zero attached hydrogens (tertiary/aromatic N) is 4. The van der Waals surface area contributed by atoms with Crippen molar-refractivity contribution in [1.82, 2.24) is 19.7 Å². The first-order chi connectivity index (χ1) is 14.1. The molecule has 0 aliphatic carbocycles. The minimum Gasteiger partial charge on any atom is -0.412 e. The Morgan fingerprint density at radius 1 is 1.14 bits per heavy atom. The largest absolute Gasteiger partial charge is 0.412 e. The standard InChI is InChI=1S/C20H15Cl2N5O2/c1-29-27-18-13(8-14(19(27)28)17-15(21)5-2-6-16(17)22)11-25-20(26-18)24-10-12-4-3-7-23-9-12/h2-9,11H,10H2,1H3,(H,24,25,26). The highest BCUT2D eigenvalue weighted by Crippen LogP contribution is 2.33. The van der Waals surface area contributed by atoms with E-state index < -0.39 is 5.56 Å². The van der Waals surface area contributed by atoms with E-state index in [0.29, 0.717) is 44.7 Å². The summed E-state index contributed by atoms with van der Waals surface area (Å²) in [5.74, 6) is 0.357. The fourth-order valence-corrected chi connectivity index (χ4v) is 3.54. The van der Waals surface area contributed by atoms with Crippen LogP contribution in [-0.2, 0) is 6.54 Å². The van der Waals surface area contributed by atoms with E-state index in [9.17, 15) is 4.79 Å². The van der Waals surface area contributed by atoms with E-state index in [2.05, 4.69) is 20.3 Å². The normalized spacial score (nSPS) is 10.9. The van der Waals surface area contributed by atoms with Gasteiger partial charge in [-0.25, -0.2) is 4.98 Å². The highest BCUT2D eigenvalue weighted by atomic mass is 35.5. The van der Waals surface area contributed by atoms with Crippen LogP contribution in [0.15, 0.2) is 59.8 Å². The minimum absolute atomic E-state index is 0.301. The SMILES string of the molecule is COn1c(=O)c(-c2c(Cl)cccc2Cl)cc2cnc(NCc3cccnc3)nc21. The first kappa shape index (κ1) is 19.2. The van der Waals surface area contributed by atoms with Gasteiger partial charge in [0, 0.05) is 36.1 Å². The average molecular weight is 428 g/mol. The number of nitrogens with one attached hydrogen (secondary N) is 1. The fraction of sp³-hybridized carbons (Fsp3) is 0.100. The van der Waals surface area contributed by atoms with Gasteiger partial charge in [0.05, 0.1) is 15.6 Å². The smallest absolute Gasteiger partial charge is 0.293 e. The molecule has 1 aromatic carbocycles. The van der Waals surface area contributed by atoms with Gasteiger partial charge in [0.25, 0.3) is 5.56 Å². The van der Waals surface area contributed by atoms with Gasteiger partial charge in [0.2, 0.25) is 5.95 Å². The molecular formula is C20H15Cl2N5O2. The zero-order chi connectivity index (χ0) is 20.4. The lowest BCUT2D eigenvalue weighted by atomic mass is 10.1. The van der Waals surface area contributed by atoms with Crippen LogP contribution in [0.5, 0.6) is 0 Å². The third-order valence-electron chi connectivity index (χ3n) is 4.29. The number of benzene rings is 1. The van der Waals surface area contributed by atoms with Crippen molar-refractivity contribution in [2.24, 2.45) is 0 Å². The van der Waals surface area contributed by atoms with Crippen LogP contribution in [0.3, 0.4) is 0 Å². The molecule has 0 atom stereocenters. The number of pyridine rings is 2. The lowest BCUT2D eigenvalue weighted by molar-refractivity contribution is 0.168. The Labute approximate surface area is 175 Å². The van der Waals surface area contributed by atoms with Crippen molar-refractivity contribution in [2.75, 3.05) is 12.4 Å². The molecule has 1 N–H and O–H groups in total. The van der Waals surface area contributed by atoms with E-state index in [4.69, 9.17) is 28.0 Å². The van der Waals surface area contributed by atoms with Gasteiger partial charge in [-0.1, -0.05) is 35.3 Å². The molecule has 0 fully saturated rings. The van der Waals surface area contributed by atoms with Crippen LogP contribution in [0.1, 0.15) is 5.56 Å². The van der Waals surface area contributed by atoms with E-state index in [1.165, 1.54) is 7.11 Å². The van der Waals surface area contributed by atoms with Crippen LogP contribution in [0, 0.1) is 0 Å². The summed E-state index contributed by atoms with van der Waals surface area (Å²) < 4.78 is 1.10. The van der Waals surface area contributed by atoms with E-state index in [0.717, 1.165) is 10.3 Å². The Bertz CT molecular complexity index is 1220. The Hall–Kier alpha value is -3.16. The summed E-state index contributed by atoms with van der Waals surface area (Å²) in [6.07, 6.45) is 5.06. The lowest BCUT2D eigenvalue weighted by Gasteiger charge is -2.13. The first-order valence-electron chi connectivity index (χ1n) is 8.63. The van der Waals surface area contributed by atoms with Crippen LogP contribution < -0.4 is 15.7 Å². The molecule has 0 radical (unpaired) electrons. The zero-order valence-electron chi connectivity index (χ0n) is 15.3. The van der Waals surface area contributed by atoms with Crippen molar-refractivity contribution in [3.63, 3.8) is 0 Å². The van der Waals surface area contributed by atoms with Crippen molar-refractivity contribution >= 4 is 40.2 Å². The molecule has 0 unspecified atom stereocenters. The maximum absolute atomic E-state index is 13.0. The van der Waals surface area contributed by atoms with Crippen LogP contribution in [0.4, 0.5) is 5.95 Å². The van der Waals surface area contributed by atoms with Gasteiger partial charge >= 0.3 is 0 Å². The first-order valence-corrected chi connectivity index (χ1v) is 9.38. The van der Waals surface area contributed by atoms with E-state index in [-0.39, 0.29) is 0 Å². The van der Waals surface area contributed by atoms with Gasteiger partial charge in [-0.2, -0.15) is 4.98 Å². The Morgan fingerprint density at radius 2 is 1.93 bits per heavy atom. The average Bonchev–Trinajstić information content (AvgIpc) is 2.73. The molecule has 0 amide bonds. The Balaban J connectivity index is 1.79. The maximum atomic E-state index is 13.0. The number of anilines is 1. The molecule has 9 heteroatoms. The molecule has 4 rings (SSSR count). The number of rotatable bonds is 5. The fourth-order valence-electron chi connectivity index (χ4n) is 2.94. The predicted octanol–water partition coefficient (Wildman–Crippen LogP) is 3.83. The van der Waals surface area contributed by atoms with Crippen LogP contribution in [-0.4, -0.2) is 26.8 Å². The van der Waals surface area contributed by atoms with Crippen molar-refractivity contribution < 1.29 is 4.84 Å². The maximum Gasteiger partial charge on any atom is 0.293 e. The molecule has 0 saturated carbocycles. The molecule has 0 aliphatic rings. The molecule has 7 nitrogen and oxygen atoms in total. The van der Waals surface area contributed by atoms with Gasteiger partial charge in [0.15, 0.2) is 5.65 Å². The quantitative estimate of drug-likeness (QED) is 0.521. The van der Waals surface area contributed by atoms with E-state index in [1.54, 1.807) is 42.9 Å². The molecule has 3 aromatic heterocycles. The number of hydrogen-bond donors (Lipinski definition) is 1. The third-order valence-corrected chi connectivity index (χ3v) is 4.92. The summed E-state index contributed by atoms with van der Waals surface area (Å²) >= 11 is 12.6. The van der Waals surface area contributed by atoms with Crippen LogP contribution in [0.2, 0.25) is 10.0 Å². The second-order valence-corrected chi connectivity index (χ2v) is 6.94. The Kier molecular flexibility index (Phi) is 5.33.